The number of benzene rings is 2. The molecule has 0 bridgehead atoms. The number of rotatable bonds is 6. The quantitative estimate of drug-likeness (QED) is 0.487. The fourth-order valence-electron chi connectivity index (χ4n) is 3.63. The third-order valence-electron chi connectivity index (χ3n) is 4.81. The summed E-state index contributed by atoms with van der Waals surface area (Å²) in [4.78, 5) is 5.35. The number of fused-ring (bicyclic) bond motifs is 1. The first-order chi connectivity index (χ1) is 14.3. The third-order valence-corrected chi connectivity index (χ3v) is 7.44. The SMILES string of the molecule is Cc1cc(C)c(S(=O)(=O)NCCc2csc3nc(-c4ccccc4F)nn23)c(C)c1. The van der Waals surface area contributed by atoms with Crippen LogP contribution in [0.25, 0.3) is 16.3 Å². The first-order valence-corrected chi connectivity index (χ1v) is 11.8. The molecule has 30 heavy (non-hydrogen) atoms. The van der Waals surface area contributed by atoms with E-state index in [1.165, 1.54) is 17.4 Å². The fourth-order valence-corrected chi connectivity index (χ4v) is 5.97. The summed E-state index contributed by atoms with van der Waals surface area (Å²) >= 11 is 1.39. The minimum Gasteiger partial charge on any atom is -0.211 e. The van der Waals surface area contributed by atoms with Crippen LogP contribution in [0.1, 0.15) is 22.4 Å². The Kier molecular flexibility index (Phi) is 5.44. The van der Waals surface area contributed by atoms with Gasteiger partial charge >= 0.3 is 0 Å². The molecule has 0 aliphatic carbocycles. The van der Waals surface area contributed by atoms with Gasteiger partial charge in [-0.05, 0) is 44.0 Å². The van der Waals surface area contributed by atoms with Crippen LogP contribution >= 0.6 is 11.3 Å². The molecule has 6 nitrogen and oxygen atoms in total. The molecule has 0 unspecified atom stereocenters. The summed E-state index contributed by atoms with van der Waals surface area (Å²) in [5.74, 6) is -0.0680. The predicted octanol–water partition coefficient (Wildman–Crippen LogP) is 4.04. The molecule has 0 amide bonds. The lowest BCUT2D eigenvalue weighted by Crippen LogP contribution is -2.27. The van der Waals surface area contributed by atoms with Gasteiger partial charge in [0.2, 0.25) is 15.0 Å². The lowest BCUT2D eigenvalue weighted by Gasteiger charge is -2.13. The van der Waals surface area contributed by atoms with Crippen molar-refractivity contribution >= 4 is 26.3 Å². The summed E-state index contributed by atoms with van der Waals surface area (Å²) in [6.07, 6.45) is 0.434. The van der Waals surface area contributed by atoms with E-state index >= 15 is 0 Å². The van der Waals surface area contributed by atoms with E-state index in [1.807, 2.05) is 24.4 Å². The second kappa shape index (κ2) is 7.90. The Morgan fingerprint density at radius 3 is 2.53 bits per heavy atom. The highest BCUT2D eigenvalue weighted by Gasteiger charge is 2.20. The van der Waals surface area contributed by atoms with Crippen LogP contribution < -0.4 is 4.72 Å². The highest BCUT2D eigenvalue weighted by Crippen LogP contribution is 2.24. The maximum absolute atomic E-state index is 14.0. The Bertz CT molecular complexity index is 1320. The number of aryl methyl sites for hydroxylation is 3. The monoisotopic (exact) mass is 444 g/mol. The molecule has 0 atom stereocenters. The van der Waals surface area contributed by atoms with E-state index in [0.717, 1.165) is 22.4 Å². The van der Waals surface area contributed by atoms with Crippen molar-refractivity contribution in [3.63, 3.8) is 0 Å². The normalized spacial score (nSPS) is 12.0. The van der Waals surface area contributed by atoms with E-state index in [2.05, 4.69) is 14.8 Å². The number of nitrogens with one attached hydrogen (secondary N) is 1. The average molecular weight is 445 g/mol. The van der Waals surface area contributed by atoms with Crippen molar-refractivity contribution < 1.29 is 12.8 Å². The summed E-state index contributed by atoms with van der Waals surface area (Å²) in [5.41, 5.74) is 3.63. The van der Waals surface area contributed by atoms with Gasteiger partial charge in [0, 0.05) is 18.3 Å². The number of nitrogens with zero attached hydrogens (tertiary/aromatic N) is 3. The molecular weight excluding hydrogens is 423 g/mol. The topological polar surface area (TPSA) is 76.4 Å². The lowest BCUT2D eigenvalue weighted by molar-refractivity contribution is 0.579. The van der Waals surface area contributed by atoms with Gasteiger partial charge in [-0.25, -0.2) is 22.0 Å². The molecule has 0 radical (unpaired) electrons. The largest absolute Gasteiger partial charge is 0.241 e. The molecule has 0 spiro atoms. The number of halogens is 1. The first kappa shape index (κ1) is 20.6. The Morgan fingerprint density at radius 1 is 1.13 bits per heavy atom. The first-order valence-electron chi connectivity index (χ1n) is 9.42. The Labute approximate surface area is 178 Å². The van der Waals surface area contributed by atoms with E-state index in [-0.39, 0.29) is 12.4 Å². The molecule has 4 aromatic rings. The van der Waals surface area contributed by atoms with Crippen LogP contribution in [-0.4, -0.2) is 29.6 Å². The molecule has 2 aromatic heterocycles. The van der Waals surface area contributed by atoms with Crippen LogP contribution in [0.4, 0.5) is 4.39 Å². The van der Waals surface area contributed by atoms with Gasteiger partial charge in [0.15, 0.2) is 5.82 Å². The molecule has 0 aliphatic heterocycles. The molecule has 0 fully saturated rings. The fraction of sp³-hybridized carbons (Fsp3) is 0.238. The van der Waals surface area contributed by atoms with Crippen molar-refractivity contribution in [3.8, 4) is 11.4 Å². The molecule has 2 aromatic carbocycles. The van der Waals surface area contributed by atoms with E-state index in [9.17, 15) is 12.8 Å². The number of aromatic nitrogens is 3. The number of sulfonamides is 1. The van der Waals surface area contributed by atoms with Crippen molar-refractivity contribution in [2.75, 3.05) is 6.54 Å². The van der Waals surface area contributed by atoms with Crippen LogP contribution in [0.5, 0.6) is 0 Å². The zero-order valence-electron chi connectivity index (χ0n) is 16.8. The molecule has 1 N–H and O–H groups in total. The zero-order chi connectivity index (χ0) is 21.5. The van der Waals surface area contributed by atoms with Gasteiger partial charge in [-0.1, -0.05) is 29.8 Å². The number of hydrogen-bond donors (Lipinski definition) is 1. The Balaban J connectivity index is 1.53. The maximum Gasteiger partial charge on any atom is 0.241 e. The lowest BCUT2D eigenvalue weighted by atomic mass is 10.1. The van der Waals surface area contributed by atoms with Gasteiger partial charge in [0.25, 0.3) is 0 Å². The van der Waals surface area contributed by atoms with E-state index in [0.29, 0.717) is 27.7 Å². The van der Waals surface area contributed by atoms with Gasteiger partial charge < -0.3 is 0 Å². The van der Waals surface area contributed by atoms with Crippen molar-refractivity contribution in [1.82, 2.24) is 19.3 Å². The molecule has 0 saturated carbocycles. The van der Waals surface area contributed by atoms with Gasteiger partial charge in [-0.3, -0.25) is 0 Å². The highest BCUT2D eigenvalue weighted by atomic mass is 32.2. The minimum absolute atomic E-state index is 0.218. The Hall–Kier alpha value is -2.62. The van der Waals surface area contributed by atoms with Gasteiger partial charge in [0.1, 0.15) is 5.82 Å². The molecule has 156 valence electrons. The van der Waals surface area contributed by atoms with Gasteiger partial charge in [-0.2, -0.15) is 4.98 Å². The number of hydrogen-bond acceptors (Lipinski definition) is 5. The van der Waals surface area contributed by atoms with Crippen LogP contribution in [0, 0.1) is 26.6 Å². The van der Waals surface area contributed by atoms with Crippen LogP contribution in [0.3, 0.4) is 0 Å². The summed E-state index contributed by atoms with van der Waals surface area (Å²) in [5, 5.41) is 6.30. The van der Waals surface area contributed by atoms with Crippen molar-refractivity contribution in [3.05, 3.63) is 70.0 Å². The maximum atomic E-state index is 14.0. The van der Waals surface area contributed by atoms with Crippen molar-refractivity contribution in [2.45, 2.75) is 32.1 Å². The van der Waals surface area contributed by atoms with Crippen LogP contribution in [0.15, 0.2) is 46.7 Å². The summed E-state index contributed by atoms with van der Waals surface area (Å²) in [7, 11) is -3.63. The van der Waals surface area contributed by atoms with E-state index in [4.69, 9.17) is 0 Å². The average Bonchev–Trinajstić information content (AvgIpc) is 3.22. The third kappa shape index (κ3) is 3.88. The second-order valence-corrected chi connectivity index (χ2v) is 9.75. The molecule has 9 heteroatoms. The van der Waals surface area contributed by atoms with E-state index < -0.39 is 10.0 Å². The number of thiazole rings is 1. The van der Waals surface area contributed by atoms with Gasteiger partial charge in [-0.15, -0.1) is 16.4 Å². The summed E-state index contributed by atoms with van der Waals surface area (Å²) in [6.45, 7) is 5.77. The zero-order valence-corrected chi connectivity index (χ0v) is 18.4. The highest BCUT2D eigenvalue weighted by molar-refractivity contribution is 7.89. The summed E-state index contributed by atoms with van der Waals surface area (Å²) in [6, 6.07) is 10.1. The molecule has 0 aliphatic rings. The Morgan fingerprint density at radius 2 is 1.83 bits per heavy atom. The molecular formula is C21H21FN4O2S2. The van der Waals surface area contributed by atoms with E-state index in [1.54, 1.807) is 36.6 Å². The van der Waals surface area contributed by atoms with Crippen molar-refractivity contribution in [2.24, 2.45) is 0 Å². The van der Waals surface area contributed by atoms with Crippen LogP contribution in [-0.2, 0) is 16.4 Å². The summed E-state index contributed by atoms with van der Waals surface area (Å²) < 4.78 is 44.0. The standard InChI is InChI=1S/C21H21FN4O2S2/c1-13-10-14(2)19(15(3)11-13)30(27,28)23-9-8-16-12-29-21-24-20(25-26(16)21)17-6-4-5-7-18(17)22/h4-7,10-12,23H,8-9H2,1-3H3. The van der Waals surface area contributed by atoms with Crippen molar-refractivity contribution in [1.29, 1.82) is 0 Å². The van der Waals surface area contributed by atoms with Gasteiger partial charge in [0.05, 0.1) is 16.2 Å². The smallest absolute Gasteiger partial charge is 0.211 e. The second-order valence-electron chi connectivity index (χ2n) is 7.21. The molecule has 0 saturated heterocycles. The molecule has 2 heterocycles. The minimum atomic E-state index is -3.63. The van der Waals surface area contributed by atoms with Crippen LogP contribution in [0.2, 0.25) is 0 Å². The predicted molar refractivity (Wildman–Crippen MR) is 116 cm³/mol. The molecule has 4 rings (SSSR count).